The molecule has 6 heteroatoms. The molecule has 0 saturated heterocycles. The lowest BCUT2D eigenvalue weighted by atomic mass is 10.2. The monoisotopic (exact) mass is 368 g/mol. The van der Waals surface area contributed by atoms with Crippen LogP contribution in [-0.2, 0) is 4.74 Å². The highest BCUT2D eigenvalue weighted by Gasteiger charge is 2.14. The maximum absolute atomic E-state index is 12.6. The fourth-order valence-electron chi connectivity index (χ4n) is 2.37. The molecular weight excluding hydrogens is 348 g/mol. The summed E-state index contributed by atoms with van der Waals surface area (Å²) in [6.45, 7) is 3.45. The van der Waals surface area contributed by atoms with Crippen LogP contribution in [0.3, 0.4) is 0 Å². The molecule has 0 bridgehead atoms. The van der Waals surface area contributed by atoms with Gasteiger partial charge in [0.1, 0.15) is 12.4 Å². The summed E-state index contributed by atoms with van der Waals surface area (Å²) < 4.78 is 10.9. The van der Waals surface area contributed by atoms with Crippen molar-refractivity contribution in [2.75, 3.05) is 25.1 Å². The molecule has 1 N–H and O–H groups in total. The Labute approximate surface area is 156 Å². The third kappa shape index (κ3) is 4.68. The first-order valence-electron chi connectivity index (χ1n) is 8.40. The summed E-state index contributed by atoms with van der Waals surface area (Å²) in [5.41, 5.74) is 1.55. The summed E-state index contributed by atoms with van der Waals surface area (Å²) in [6.07, 6.45) is 1.76. The zero-order valence-corrected chi connectivity index (χ0v) is 15.3. The third-order valence-electron chi connectivity index (χ3n) is 3.61. The lowest BCUT2D eigenvalue weighted by Gasteiger charge is -2.10. The molecule has 3 aromatic rings. The number of nitrogens with one attached hydrogen (secondary N) is 1. The van der Waals surface area contributed by atoms with E-state index in [2.05, 4.69) is 10.3 Å². The Morgan fingerprint density at radius 1 is 1.08 bits per heavy atom. The minimum atomic E-state index is -0.244. The first-order chi connectivity index (χ1) is 12.8. The van der Waals surface area contributed by atoms with Crippen molar-refractivity contribution in [1.29, 1.82) is 0 Å². The van der Waals surface area contributed by atoms with Gasteiger partial charge in [0, 0.05) is 12.8 Å². The van der Waals surface area contributed by atoms with E-state index in [9.17, 15) is 4.79 Å². The van der Waals surface area contributed by atoms with Gasteiger partial charge in [0.25, 0.3) is 5.91 Å². The zero-order chi connectivity index (χ0) is 18.2. The van der Waals surface area contributed by atoms with Gasteiger partial charge in [-0.05, 0) is 24.6 Å². The highest BCUT2D eigenvalue weighted by molar-refractivity contribution is 7.19. The van der Waals surface area contributed by atoms with Crippen LogP contribution in [0.15, 0.2) is 60.8 Å². The number of hydrogen-bond donors (Lipinski definition) is 1. The molecule has 1 amide bonds. The fraction of sp³-hybridized carbons (Fsp3) is 0.200. The molecule has 1 heterocycles. The lowest BCUT2D eigenvalue weighted by molar-refractivity contribution is 0.0998. The van der Waals surface area contributed by atoms with Crippen molar-refractivity contribution < 1.29 is 14.3 Å². The molecule has 5 nitrogen and oxygen atoms in total. The van der Waals surface area contributed by atoms with E-state index in [0.717, 1.165) is 10.4 Å². The van der Waals surface area contributed by atoms with Crippen LogP contribution in [0, 0.1) is 0 Å². The molecule has 3 rings (SSSR count). The van der Waals surface area contributed by atoms with Crippen LogP contribution in [0.5, 0.6) is 5.75 Å². The number of ether oxygens (including phenoxy) is 2. The smallest absolute Gasteiger partial charge is 0.261 e. The fourth-order valence-corrected chi connectivity index (χ4v) is 3.18. The van der Waals surface area contributed by atoms with Crippen molar-refractivity contribution in [3.63, 3.8) is 0 Å². The van der Waals surface area contributed by atoms with E-state index >= 15 is 0 Å². The van der Waals surface area contributed by atoms with E-state index in [1.165, 1.54) is 11.3 Å². The van der Waals surface area contributed by atoms with Crippen LogP contribution in [-0.4, -0.2) is 30.7 Å². The standard InChI is InChI=1S/C20H20N2O3S/c1-2-24-12-13-25-17-11-7-6-10-16(17)19(23)22-20-21-14-18(26-20)15-8-4-3-5-9-15/h3-11,14H,2,12-13H2,1H3,(H,21,22,23). The highest BCUT2D eigenvalue weighted by atomic mass is 32.1. The van der Waals surface area contributed by atoms with E-state index in [0.29, 0.717) is 36.3 Å². The van der Waals surface area contributed by atoms with E-state index < -0.39 is 0 Å². The summed E-state index contributed by atoms with van der Waals surface area (Å²) in [7, 11) is 0. The van der Waals surface area contributed by atoms with Crippen molar-refractivity contribution >= 4 is 22.4 Å². The number of carbonyl (C=O) groups is 1. The van der Waals surface area contributed by atoms with E-state index in [1.807, 2.05) is 49.4 Å². The van der Waals surface area contributed by atoms with Gasteiger partial charge in [0.2, 0.25) is 0 Å². The first kappa shape index (κ1) is 18.1. The zero-order valence-electron chi connectivity index (χ0n) is 14.5. The SMILES string of the molecule is CCOCCOc1ccccc1C(=O)Nc1ncc(-c2ccccc2)s1. The predicted octanol–water partition coefficient (Wildman–Crippen LogP) is 4.48. The number of amides is 1. The Bertz CT molecular complexity index is 849. The second-order valence-corrected chi connectivity index (χ2v) is 6.42. The summed E-state index contributed by atoms with van der Waals surface area (Å²) in [6, 6.07) is 17.1. The van der Waals surface area contributed by atoms with E-state index in [1.54, 1.807) is 18.3 Å². The second kappa shape index (κ2) is 9.12. The van der Waals surface area contributed by atoms with Crippen molar-refractivity contribution in [3.05, 3.63) is 66.4 Å². The Kier molecular flexibility index (Phi) is 6.35. The van der Waals surface area contributed by atoms with Crippen molar-refractivity contribution in [2.24, 2.45) is 0 Å². The largest absolute Gasteiger partial charge is 0.490 e. The molecule has 0 aliphatic carbocycles. The normalized spacial score (nSPS) is 10.5. The summed E-state index contributed by atoms with van der Waals surface area (Å²) in [4.78, 5) is 17.9. The van der Waals surface area contributed by atoms with Crippen molar-refractivity contribution in [3.8, 4) is 16.2 Å². The van der Waals surface area contributed by atoms with Gasteiger partial charge in [0.05, 0.1) is 17.0 Å². The minimum absolute atomic E-state index is 0.244. The minimum Gasteiger partial charge on any atom is -0.490 e. The lowest BCUT2D eigenvalue weighted by Crippen LogP contribution is -2.15. The maximum atomic E-state index is 12.6. The average Bonchev–Trinajstić information content (AvgIpc) is 3.15. The Morgan fingerprint density at radius 3 is 2.65 bits per heavy atom. The second-order valence-electron chi connectivity index (χ2n) is 5.39. The molecule has 0 aliphatic rings. The van der Waals surface area contributed by atoms with Crippen LogP contribution in [0.2, 0.25) is 0 Å². The summed E-state index contributed by atoms with van der Waals surface area (Å²) >= 11 is 1.44. The van der Waals surface area contributed by atoms with Crippen LogP contribution in [0.4, 0.5) is 5.13 Å². The number of hydrogen-bond acceptors (Lipinski definition) is 5. The molecule has 0 aliphatic heterocycles. The average molecular weight is 368 g/mol. The summed E-state index contributed by atoms with van der Waals surface area (Å²) in [5.74, 6) is 0.288. The molecule has 134 valence electrons. The molecular formula is C20H20N2O3S. The maximum Gasteiger partial charge on any atom is 0.261 e. The van der Waals surface area contributed by atoms with Gasteiger partial charge in [-0.25, -0.2) is 4.98 Å². The number of aromatic nitrogens is 1. The summed E-state index contributed by atoms with van der Waals surface area (Å²) in [5, 5.41) is 3.40. The topological polar surface area (TPSA) is 60.5 Å². The molecule has 0 unspecified atom stereocenters. The van der Waals surface area contributed by atoms with Gasteiger partial charge in [-0.1, -0.05) is 53.8 Å². The Hall–Kier alpha value is -2.70. The predicted molar refractivity (Wildman–Crippen MR) is 104 cm³/mol. The molecule has 1 aromatic heterocycles. The van der Waals surface area contributed by atoms with Crippen LogP contribution >= 0.6 is 11.3 Å². The van der Waals surface area contributed by atoms with Crippen LogP contribution in [0.25, 0.3) is 10.4 Å². The van der Waals surface area contributed by atoms with Crippen molar-refractivity contribution in [2.45, 2.75) is 6.92 Å². The number of carbonyl (C=O) groups excluding carboxylic acids is 1. The highest BCUT2D eigenvalue weighted by Crippen LogP contribution is 2.29. The number of anilines is 1. The Balaban J connectivity index is 1.68. The molecule has 0 fully saturated rings. The van der Waals surface area contributed by atoms with Crippen LogP contribution < -0.4 is 10.1 Å². The molecule has 0 radical (unpaired) electrons. The number of thiazole rings is 1. The molecule has 0 atom stereocenters. The van der Waals surface area contributed by atoms with Gasteiger partial charge in [-0.2, -0.15) is 0 Å². The first-order valence-corrected chi connectivity index (χ1v) is 9.21. The van der Waals surface area contributed by atoms with Crippen molar-refractivity contribution in [1.82, 2.24) is 4.98 Å². The molecule has 26 heavy (non-hydrogen) atoms. The van der Waals surface area contributed by atoms with E-state index in [4.69, 9.17) is 9.47 Å². The quantitative estimate of drug-likeness (QED) is 0.596. The Morgan fingerprint density at radius 2 is 1.85 bits per heavy atom. The van der Waals surface area contributed by atoms with Gasteiger partial charge in [-0.3, -0.25) is 10.1 Å². The number of rotatable bonds is 8. The molecule has 2 aromatic carbocycles. The molecule has 0 saturated carbocycles. The molecule has 0 spiro atoms. The van der Waals surface area contributed by atoms with Gasteiger partial charge < -0.3 is 9.47 Å². The van der Waals surface area contributed by atoms with Gasteiger partial charge in [-0.15, -0.1) is 0 Å². The third-order valence-corrected chi connectivity index (χ3v) is 4.57. The van der Waals surface area contributed by atoms with Gasteiger partial charge in [0.15, 0.2) is 5.13 Å². The number of benzene rings is 2. The van der Waals surface area contributed by atoms with E-state index in [-0.39, 0.29) is 5.91 Å². The van der Waals surface area contributed by atoms with Crippen LogP contribution in [0.1, 0.15) is 17.3 Å². The van der Waals surface area contributed by atoms with Gasteiger partial charge >= 0.3 is 0 Å². The number of nitrogens with zero attached hydrogens (tertiary/aromatic N) is 1. The number of para-hydroxylation sites is 1.